The minimum atomic E-state index is -0.170. The Balaban J connectivity index is 1.47. The van der Waals surface area contributed by atoms with Crippen molar-refractivity contribution in [3.63, 3.8) is 0 Å². The van der Waals surface area contributed by atoms with Crippen LogP contribution in [0.4, 0.5) is 4.79 Å². The zero-order valence-electron chi connectivity index (χ0n) is 16.0. The third-order valence-electron chi connectivity index (χ3n) is 5.24. The second-order valence-electron chi connectivity index (χ2n) is 7.26. The molecule has 1 amide bonds. The lowest BCUT2D eigenvalue weighted by Crippen LogP contribution is -2.56. The summed E-state index contributed by atoms with van der Waals surface area (Å²) in [4.78, 5) is 18.8. The van der Waals surface area contributed by atoms with E-state index in [2.05, 4.69) is 22.8 Å². The van der Waals surface area contributed by atoms with E-state index in [1.54, 1.807) is 6.26 Å². The van der Waals surface area contributed by atoms with Crippen molar-refractivity contribution in [1.29, 1.82) is 0 Å². The molecule has 0 spiro atoms. The van der Waals surface area contributed by atoms with Gasteiger partial charge in [-0.2, -0.15) is 0 Å². The van der Waals surface area contributed by atoms with Crippen LogP contribution < -0.4 is 0 Å². The molecule has 26 heavy (non-hydrogen) atoms. The minimum absolute atomic E-state index is 0.170. The number of amides is 1. The number of carbonyl (C=O) groups excluding carboxylic acids is 1. The maximum atomic E-state index is 11.8. The van der Waals surface area contributed by atoms with E-state index in [1.165, 1.54) is 18.4 Å². The molecule has 1 aromatic rings. The maximum absolute atomic E-state index is 11.8. The average molecular weight is 361 g/mol. The van der Waals surface area contributed by atoms with Crippen LogP contribution in [0.5, 0.6) is 0 Å². The lowest BCUT2D eigenvalue weighted by Gasteiger charge is -2.43. The fourth-order valence-corrected chi connectivity index (χ4v) is 3.97. The number of piperazine rings is 1. The van der Waals surface area contributed by atoms with Gasteiger partial charge in [-0.15, -0.1) is 0 Å². The summed E-state index contributed by atoms with van der Waals surface area (Å²) >= 11 is 0. The first-order valence-corrected chi connectivity index (χ1v) is 9.74. The van der Waals surface area contributed by atoms with Gasteiger partial charge in [0.2, 0.25) is 0 Å². The number of carbonyl (C=O) groups is 1. The third-order valence-corrected chi connectivity index (χ3v) is 5.24. The molecule has 1 atom stereocenters. The van der Waals surface area contributed by atoms with E-state index < -0.39 is 0 Å². The molecule has 0 aliphatic carbocycles. The zero-order valence-corrected chi connectivity index (χ0v) is 16.0. The summed E-state index contributed by atoms with van der Waals surface area (Å²) in [6, 6.07) is 4.50. The van der Waals surface area contributed by atoms with Gasteiger partial charge >= 0.3 is 6.09 Å². The standard InChI is InChI=1S/C20H31N3O3/c1-3-25-20(24)23-11-9-22(10-12-23)18-6-4-8-21(16-18)15-17(2)14-19-7-5-13-26-19/h5,7,13-14,18H,3-4,6,8-12,15-16H2,1-2H3/b17-14+/t18-/m1/s1. The van der Waals surface area contributed by atoms with E-state index in [9.17, 15) is 4.79 Å². The van der Waals surface area contributed by atoms with Crippen LogP contribution in [0.25, 0.3) is 6.08 Å². The second kappa shape index (κ2) is 9.24. The molecule has 0 bridgehead atoms. The van der Waals surface area contributed by atoms with Crippen molar-refractivity contribution in [3.05, 3.63) is 29.7 Å². The number of likely N-dealkylation sites (tertiary alicyclic amines) is 1. The molecule has 3 heterocycles. The van der Waals surface area contributed by atoms with E-state index in [0.717, 1.165) is 51.6 Å². The van der Waals surface area contributed by atoms with Gasteiger partial charge in [-0.1, -0.05) is 5.57 Å². The zero-order chi connectivity index (χ0) is 18.4. The van der Waals surface area contributed by atoms with Crippen molar-refractivity contribution in [2.24, 2.45) is 0 Å². The first-order valence-electron chi connectivity index (χ1n) is 9.74. The van der Waals surface area contributed by atoms with Crippen LogP contribution in [0, 0.1) is 0 Å². The van der Waals surface area contributed by atoms with E-state index in [0.29, 0.717) is 12.6 Å². The van der Waals surface area contributed by atoms with Crippen LogP contribution in [0.15, 0.2) is 28.4 Å². The van der Waals surface area contributed by atoms with Crippen LogP contribution >= 0.6 is 0 Å². The fourth-order valence-electron chi connectivity index (χ4n) is 3.97. The molecule has 2 saturated heterocycles. The molecule has 0 unspecified atom stereocenters. The summed E-state index contributed by atoms with van der Waals surface area (Å²) in [5, 5.41) is 0. The predicted molar refractivity (Wildman–Crippen MR) is 102 cm³/mol. The summed E-state index contributed by atoms with van der Waals surface area (Å²) in [7, 11) is 0. The highest BCUT2D eigenvalue weighted by Gasteiger charge is 2.29. The quantitative estimate of drug-likeness (QED) is 0.807. The highest BCUT2D eigenvalue weighted by Crippen LogP contribution is 2.19. The third kappa shape index (κ3) is 5.11. The first kappa shape index (κ1) is 19.0. The van der Waals surface area contributed by atoms with Gasteiger partial charge in [0.1, 0.15) is 5.76 Å². The van der Waals surface area contributed by atoms with Gasteiger partial charge in [0, 0.05) is 45.3 Å². The molecule has 0 N–H and O–H groups in total. The summed E-state index contributed by atoms with van der Waals surface area (Å²) in [5.41, 5.74) is 1.33. The summed E-state index contributed by atoms with van der Waals surface area (Å²) in [6.45, 7) is 11.1. The molecule has 2 aliphatic heterocycles. The molecule has 2 fully saturated rings. The Bertz CT molecular complexity index is 591. The smallest absolute Gasteiger partial charge is 0.409 e. The van der Waals surface area contributed by atoms with Gasteiger partial charge in [-0.05, 0) is 51.4 Å². The largest absolute Gasteiger partial charge is 0.465 e. The van der Waals surface area contributed by atoms with Gasteiger partial charge in [0.25, 0.3) is 0 Å². The van der Waals surface area contributed by atoms with Crippen LogP contribution in [0.3, 0.4) is 0 Å². The van der Waals surface area contributed by atoms with Crippen LogP contribution in [-0.2, 0) is 4.74 Å². The molecule has 1 aromatic heterocycles. The lowest BCUT2D eigenvalue weighted by atomic mass is 10.0. The molecule has 0 saturated carbocycles. The Morgan fingerprint density at radius 2 is 2.12 bits per heavy atom. The summed E-state index contributed by atoms with van der Waals surface area (Å²) in [5.74, 6) is 0.922. The number of hydrogen-bond acceptors (Lipinski definition) is 5. The Morgan fingerprint density at radius 1 is 1.31 bits per heavy atom. The van der Waals surface area contributed by atoms with Crippen molar-refractivity contribution in [1.82, 2.24) is 14.7 Å². The molecule has 6 nitrogen and oxygen atoms in total. The number of furan rings is 1. The lowest BCUT2D eigenvalue weighted by molar-refractivity contribution is 0.0446. The van der Waals surface area contributed by atoms with Gasteiger partial charge < -0.3 is 14.1 Å². The van der Waals surface area contributed by atoms with Gasteiger partial charge in [0.05, 0.1) is 12.9 Å². The van der Waals surface area contributed by atoms with Crippen molar-refractivity contribution in [2.45, 2.75) is 32.7 Å². The normalized spacial score (nSPS) is 23.2. The number of ether oxygens (including phenoxy) is 1. The molecular formula is C20H31N3O3. The van der Waals surface area contributed by atoms with Crippen molar-refractivity contribution in [3.8, 4) is 0 Å². The predicted octanol–water partition coefficient (Wildman–Crippen LogP) is 2.92. The summed E-state index contributed by atoms with van der Waals surface area (Å²) in [6.07, 6.45) is 6.15. The van der Waals surface area contributed by atoms with E-state index in [-0.39, 0.29) is 6.09 Å². The molecule has 0 aromatic carbocycles. The van der Waals surface area contributed by atoms with Crippen LogP contribution in [-0.4, -0.2) is 79.3 Å². The molecule has 144 valence electrons. The number of nitrogens with zero attached hydrogens (tertiary/aromatic N) is 3. The van der Waals surface area contributed by atoms with Crippen molar-refractivity contribution in [2.75, 3.05) is 52.4 Å². The summed E-state index contributed by atoms with van der Waals surface area (Å²) < 4.78 is 10.5. The topological polar surface area (TPSA) is 49.2 Å². The van der Waals surface area contributed by atoms with E-state index >= 15 is 0 Å². The highest BCUT2D eigenvalue weighted by atomic mass is 16.6. The SMILES string of the molecule is CCOC(=O)N1CCN([C@@H]2CCCN(C/C(C)=C/c3ccco3)C2)CC1. The van der Waals surface area contributed by atoms with E-state index in [4.69, 9.17) is 9.15 Å². The molecule has 0 radical (unpaired) electrons. The monoisotopic (exact) mass is 361 g/mol. The Hall–Kier alpha value is -1.79. The Kier molecular flexibility index (Phi) is 6.74. The van der Waals surface area contributed by atoms with Gasteiger partial charge in [-0.3, -0.25) is 9.80 Å². The fraction of sp³-hybridized carbons (Fsp3) is 0.650. The van der Waals surface area contributed by atoms with E-state index in [1.807, 2.05) is 24.0 Å². The highest BCUT2D eigenvalue weighted by molar-refractivity contribution is 5.67. The molecule has 3 rings (SSSR count). The average Bonchev–Trinajstić information content (AvgIpc) is 3.15. The van der Waals surface area contributed by atoms with Crippen LogP contribution in [0.2, 0.25) is 0 Å². The second-order valence-corrected chi connectivity index (χ2v) is 7.26. The van der Waals surface area contributed by atoms with Crippen molar-refractivity contribution < 1.29 is 13.9 Å². The van der Waals surface area contributed by atoms with Gasteiger partial charge in [-0.25, -0.2) is 4.79 Å². The number of hydrogen-bond donors (Lipinski definition) is 0. The Labute approximate surface area is 156 Å². The number of rotatable bonds is 5. The number of piperidine rings is 1. The molecular weight excluding hydrogens is 330 g/mol. The molecule has 2 aliphatic rings. The molecule has 6 heteroatoms. The van der Waals surface area contributed by atoms with Crippen LogP contribution in [0.1, 0.15) is 32.4 Å². The van der Waals surface area contributed by atoms with Crippen molar-refractivity contribution >= 4 is 12.2 Å². The first-order chi connectivity index (χ1) is 12.7. The Morgan fingerprint density at radius 3 is 2.81 bits per heavy atom. The van der Waals surface area contributed by atoms with Gasteiger partial charge in [0.15, 0.2) is 0 Å². The maximum Gasteiger partial charge on any atom is 0.409 e. The minimum Gasteiger partial charge on any atom is -0.465 e.